The molecular formula is C14H19N3O2. The van der Waals surface area contributed by atoms with Crippen molar-refractivity contribution in [2.75, 3.05) is 6.54 Å². The van der Waals surface area contributed by atoms with Crippen LogP contribution < -0.4 is 5.32 Å². The van der Waals surface area contributed by atoms with Gasteiger partial charge in [0.05, 0.1) is 17.5 Å². The Labute approximate surface area is 113 Å². The zero-order chi connectivity index (χ0) is 14.0. The molecular weight excluding hydrogens is 242 g/mol. The minimum absolute atomic E-state index is 0.0217. The van der Waals surface area contributed by atoms with Crippen LogP contribution in [0.15, 0.2) is 6.20 Å². The number of aromatic amines is 1. The number of carbonyl (C=O) groups excluding carboxylic acids is 1. The van der Waals surface area contributed by atoms with Crippen LogP contribution in [0, 0.1) is 17.8 Å². The van der Waals surface area contributed by atoms with Gasteiger partial charge in [-0.3, -0.25) is 10.1 Å². The van der Waals surface area contributed by atoms with Crippen LogP contribution in [0.1, 0.15) is 44.6 Å². The minimum Gasteiger partial charge on any atom is -0.445 e. The van der Waals surface area contributed by atoms with Crippen LogP contribution in [0.25, 0.3) is 0 Å². The van der Waals surface area contributed by atoms with E-state index in [1.54, 1.807) is 6.20 Å². The predicted octanol–water partition coefficient (Wildman–Crippen LogP) is 1.38. The van der Waals surface area contributed by atoms with Gasteiger partial charge in [0.1, 0.15) is 11.5 Å². The number of nitrogens with zero attached hydrogens (tertiary/aromatic N) is 1. The fourth-order valence-electron chi connectivity index (χ4n) is 1.97. The third-order valence-electron chi connectivity index (χ3n) is 3.11. The van der Waals surface area contributed by atoms with Crippen LogP contribution in [-0.2, 0) is 9.53 Å². The summed E-state index contributed by atoms with van der Waals surface area (Å²) < 4.78 is 5.52. The molecule has 0 saturated carbocycles. The fourth-order valence-corrected chi connectivity index (χ4v) is 1.97. The van der Waals surface area contributed by atoms with E-state index in [1.165, 1.54) is 0 Å². The lowest BCUT2D eigenvalue weighted by atomic mass is 9.97. The van der Waals surface area contributed by atoms with Crippen molar-refractivity contribution < 1.29 is 9.53 Å². The van der Waals surface area contributed by atoms with Crippen molar-refractivity contribution in [1.29, 1.82) is 0 Å². The van der Waals surface area contributed by atoms with Crippen LogP contribution in [0.2, 0.25) is 0 Å². The maximum absolute atomic E-state index is 11.9. The molecule has 19 heavy (non-hydrogen) atoms. The molecule has 5 heteroatoms. The van der Waals surface area contributed by atoms with E-state index in [1.807, 2.05) is 20.8 Å². The van der Waals surface area contributed by atoms with Crippen molar-refractivity contribution in [3.63, 3.8) is 0 Å². The van der Waals surface area contributed by atoms with E-state index in [2.05, 4.69) is 21.2 Å². The number of aromatic nitrogens is 2. The number of terminal acetylenes is 1. The second kappa shape index (κ2) is 5.06. The number of H-pyrrole nitrogens is 1. The lowest BCUT2D eigenvalue weighted by Gasteiger charge is -2.23. The Balaban J connectivity index is 2.09. The second-order valence-electron chi connectivity index (χ2n) is 5.75. The highest BCUT2D eigenvalue weighted by Crippen LogP contribution is 2.28. The predicted molar refractivity (Wildman–Crippen MR) is 71.2 cm³/mol. The van der Waals surface area contributed by atoms with Gasteiger partial charge < -0.3 is 9.72 Å². The number of ether oxygens (including phenoxy) is 1. The van der Waals surface area contributed by atoms with Crippen LogP contribution in [0.5, 0.6) is 0 Å². The molecule has 1 fully saturated rings. The first-order chi connectivity index (χ1) is 8.91. The number of imidazole rings is 1. The number of rotatable bonds is 2. The molecule has 0 amide bonds. The summed E-state index contributed by atoms with van der Waals surface area (Å²) in [6.45, 7) is 6.30. The van der Waals surface area contributed by atoms with Crippen molar-refractivity contribution >= 4 is 5.97 Å². The summed E-state index contributed by atoms with van der Waals surface area (Å²) >= 11 is 0. The first-order valence-electron chi connectivity index (χ1n) is 6.38. The molecule has 1 aliphatic heterocycles. The first kappa shape index (κ1) is 13.6. The topological polar surface area (TPSA) is 67.0 Å². The first-order valence-corrected chi connectivity index (χ1v) is 6.38. The van der Waals surface area contributed by atoms with Crippen LogP contribution in [0.3, 0.4) is 0 Å². The summed E-state index contributed by atoms with van der Waals surface area (Å²) in [6.07, 6.45) is 7.45. The zero-order valence-corrected chi connectivity index (χ0v) is 11.5. The van der Waals surface area contributed by atoms with Gasteiger partial charge in [-0.05, 0) is 33.7 Å². The van der Waals surface area contributed by atoms with Crippen molar-refractivity contribution in [3.8, 4) is 12.3 Å². The highest BCUT2D eigenvalue weighted by molar-refractivity contribution is 5.75. The van der Waals surface area contributed by atoms with Gasteiger partial charge in [-0.25, -0.2) is 4.98 Å². The van der Waals surface area contributed by atoms with Gasteiger partial charge in [0, 0.05) is 0 Å². The summed E-state index contributed by atoms with van der Waals surface area (Å²) in [5.74, 6) is 3.07. The van der Waals surface area contributed by atoms with E-state index in [4.69, 9.17) is 11.2 Å². The molecule has 1 aliphatic rings. The van der Waals surface area contributed by atoms with E-state index in [0.717, 1.165) is 18.8 Å². The lowest BCUT2D eigenvalue weighted by Crippen LogP contribution is -2.36. The zero-order valence-electron chi connectivity index (χ0n) is 11.5. The Hall–Kier alpha value is -1.80. The standard InChI is InChI=1S/C14H19N3O2/c1-5-9-8-16-11(17-9)10-6-7-15-12(10)19-13(18)14(2,3)4/h1,8,10,12,15H,6-7H2,2-4H3,(H,16,17)/t10-,12?/m0/s1. The summed E-state index contributed by atoms with van der Waals surface area (Å²) in [4.78, 5) is 19.3. The van der Waals surface area contributed by atoms with Gasteiger partial charge in [0.25, 0.3) is 0 Å². The normalized spacial score (nSPS) is 23.1. The highest BCUT2D eigenvalue weighted by atomic mass is 16.6. The van der Waals surface area contributed by atoms with Gasteiger partial charge in [0.2, 0.25) is 0 Å². The maximum atomic E-state index is 11.9. The molecule has 5 nitrogen and oxygen atoms in total. The molecule has 102 valence electrons. The fraction of sp³-hybridized carbons (Fsp3) is 0.571. The quantitative estimate of drug-likeness (QED) is 0.623. The molecule has 0 aromatic carbocycles. The van der Waals surface area contributed by atoms with E-state index in [0.29, 0.717) is 5.69 Å². The van der Waals surface area contributed by atoms with Crippen LogP contribution in [-0.4, -0.2) is 28.7 Å². The Morgan fingerprint density at radius 3 is 2.89 bits per heavy atom. The van der Waals surface area contributed by atoms with Gasteiger partial charge >= 0.3 is 5.97 Å². The van der Waals surface area contributed by atoms with Crippen molar-refractivity contribution in [3.05, 3.63) is 17.7 Å². The Morgan fingerprint density at radius 1 is 1.58 bits per heavy atom. The number of nitrogens with one attached hydrogen (secondary N) is 2. The number of hydrogen-bond donors (Lipinski definition) is 2. The molecule has 1 unspecified atom stereocenters. The van der Waals surface area contributed by atoms with Crippen molar-refractivity contribution in [2.24, 2.45) is 5.41 Å². The van der Waals surface area contributed by atoms with E-state index in [-0.39, 0.29) is 18.1 Å². The molecule has 2 heterocycles. The molecule has 0 radical (unpaired) electrons. The summed E-state index contributed by atoms with van der Waals surface area (Å²) in [7, 11) is 0. The molecule has 0 bridgehead atoms. The summed E-state index contributed by atoms with van der Waals surface area (Å²) in [6, 6.07) is 0. The van der Waals surface area contributed by atoms with Gasteiger partial charge in [-0.1, -0.05) is 5.92 Å². The van der Waals surface area contributed by atoms with Crippen LogP contribution in [0.4, 0.5) is 0 Å². The van der Waals surface area contributed by atoms with E-state index >= 15 is 0 Å². The smallest absolute Gasteiger partial charge is 0.312 e. The molecule has 2 rings (SSSR count). The average Bonchev–Trinajstić information content (AvgIpc) is 2.94. The third-order valence-corrected chi connectivity index (χ3v) is 3.11. The summed E-state index contributed by atoms with van der Waals surface area (Å²) in [5, 5.41) is 3.18. The number of hydrogen-bond acceptors (Lipinski definition) is 4. The average molecular weight is 261 g/mol. The monoisotopic (exact) mass is 261 g/mol. The van der Waals surface area contributed by atoms with Gasteiger partial charge in [0.15, 0.2) is 6.23 Å². The highest BCUT2D eigenvalue weighted by Gasteiger charge is 2.36. The lowest BCUT2D eigenvalue weighted by molar-refractivity contribution is -0.160. The van der Waals surface area contributed by atoms with E-state index in [9.17, 15) is 4.79 Å². The second-order valence-corrected chi connectivity index (χ2v) is 5.75. The number of carbonyl (C=O) groups is 1. The van der Waals surface area contributed by atoms with Crippen LogP contribution >= 0.6 is 0 Å². The summed E-state index contributed by atoms with van der Waals surface area (Å²) in [5.41, 5.74) is 0.130. The molecule has 1 aromatic heterocycles. The Morgan fingerprint density at radius 2 is 2.32 bits per heavy atom. The third kappa shape index (κ3) is 2.96. The molecule has 0 spiro atoms. The van der Waals surface area contributed by atoms with Crippen molar-refractivity contribution in [1.82, 2.24) is 15.3 Å². The molecule has 2 atom stereocenters. The van der Waals surface area contributed by atoms with Gasteiger partial charge in [-0.15, -0.1) is 6.42 Å². The van der Waals surface area contributed by atoms with Gasteiger partial charge in [-0.2, -0.15) is 0 Å². The Bertz CT molecular complexity index is 507. The maximum Gasteiger partial charge on any atom is 0.312 e. The largest absolute Gasteiger partial charge is 0.445 e. The molecule has 1 saturated heterocycles. The Kier molecular flexibility index (Phi) is 3.63. The van der Waals surface area contributed by atoms with Crippen molar-refractivity contribution in [2.45, 2.75) is 39.3 Å². The molecule has 0 aliphatic carbocycles. The van der Waals surface area contributed by atoms with E-state index < -0.39 is 5.41 Å². The number of esters is 1. The SMILES string of the molecule is C#Cc1cnc([C@@H]2CCNC2OC(=O)C(C)(C)C)[nH]1. The molecule has 1 aromatic rings. The molecule has 2 N–H and O–H groups in total. The minimum atomic E-state index is -0.512.